The van der Waals surface area contributed by atoms with Gasteiger partial charge in [-0.05, 0) is 42.3 Å². The molecule has 0 aliphatic carbocycles. The summed E-state index contributed by atoms with van der Waals surface area (Å²) < 4.78 is 12.2. The maximum Gasteiger partial charge on any atom is 0.150 e. The van der Waals surface area contributed by atoms with Gasteiger partial charge in [-0.25, -0.2) is 9.97 Å². The summed E-state index contributed by atoms with van der Waals surface area (Å²) in [5, 5.41) is 0.806. The fourth-order valence-electron chi connectivity index (χ4n) is 3.73. The van der Waals surface area contributed by atoms with E-state index in [-0.39, 0.29) is 0 Å². The Balaban J connectivity index is 1.60. The number of aromatic nitrogens is 3. The lowest BCUT2D eigenvalue weighted by molar-refractivity contribution is 0.112. The predicted octanol–water partition coefficient (Wildman–Crippen LogP) is 5.75. The number of aldehydes is 1. The van der Waals surface area contributed by atoms with Crippen molar-refractivity contribution in [2.45, 2.75) is 20.1 Å². The summed E-state index contributed by atoms with van der Waals surface area (Å²) in [6.07, 6.45) is 2.57. The first-order valence-electron chi connectivity index (χ1n) is 10.5. The lowest BCUT2D eigenvalue weighted by Gasteiger charge is -2.08. The first-order chi connectivity index (χ1) is 16.1. The Labute approximate surface area is 194 Å². The van der Waals surface area contributed by atoms with Crippen molar-refractivity contribution >= 4 is 38.9 Å². The molecule has 0 N–H and O–H groups in total. The van der Waals surface area contributed by atoms with Crippen LogP contribution in [0.4, 0.5) is 0 Å². The summed E-state index contributed by atoms with van der Waals surface area (Å²) in [6.45, 7) is 2.83. The van der Waals surface area contributed by atoms with Gasteiger partial charge in [0.2, 0.25) is 0 Å². The lowest BCUT2D eigenvalue weighted by atomic mass is 10.1. The number of hydrogen-bond donors (Lipinski definition) is 0. The molecule has 5 rings (SSSR count). The average molecular weight is 456 g/mol. The zero-order valence-corrected chi connectivity index (χ0v) is 19.1. The molecule has 0 atom stereocenters. The Hall–Kier alpha value is -3.68. The number of benzene rings is 3. The normalized spacial score (nSPS) is 11.2. The fourth-order valence-corrected chi connectivity index (χ4v) is 4.78. The van der Waals surface area contributed by atoms with Gasteiger partial charge in [0.25, 0.3) is 0 Å². The number of ether oxygens (including phenoxy) is 2. The van der Waals surface area contributed by atoms with Crippen LogP contribution in [0.5, 0.6) is 5.75 Å². The molecule has 0 radical (unpaired) electrons. The predicted molar refractivity (Wildman–Crippen MR) is 130 cm³/mol. The Kier molecular flexibility index (Phi) is 5.81. The van der Waals surface area contributed by atoms with Crippen LogP contribution in [0.15, 0.2) is 60.8 Å². The summed E-state index contributed by atoms with van der Waals surface area (Å²) in [7, 11) is 1.64. The topological polar surface area (TPSA) is 74.2 Å². The van der Waals surface area contributed by atoms with E-state index >= 15 is 0 Å². The van der Waals surface area contributed by atoms with Gasteiger partial charge in [-0.2, -0.15) is 0 Å². The molecule has 3 aromatic carbocycles. The molecule has 6 nitrogen and oxygen atoms in total. The van der Waals surface area contributed by atoms with Crippen LogP contribution in [0.1, 0.15) is 27.2 Å². The molecule has 5 aromatic rings. The molecule has 2 heterocycles. The molecule has 0 saturated carbocycles. The standard InChI is InChI=1S/C26H21N3O3S/c1-16-8-20(24-21(9-16)28-19(12-27-24)15-31-2)26-29-25-22(10-18(13-30)11-23(25)33-26)32-14-17-6-4-3-5-7-17/h3-13H,14-15H2,1-2H3. The summed E-state index contributed by atoms with van der Waals surface area (Å²) in [4.78, 5) is 25.8. The Morgan fingerprint density at radius 3 is 2.64 bits per heavy atom. The van der Waals surface area contributed by atoms with E-state index in [4.69, 9.17) is 19.4 Å². The van der Waals surface area contributed by atoms with E-state index in [0.29, 0.717) is 24.5 Å². The largest absolute Gasteiger partial charge is 0.487 e. The van der Waals surface area contributed by atoms with Crippen LogP contribution in [-0.2, 0) is 18.0 Å². The van der Waals surface area contributed by atoms with Crippen molar-refractivity contribution in [1.29, 1.82) is 0 Å². The molecule has 0 fully saturated rings. The molecule has 2 aromatic heterocycles. The van der Waals surface area contributed by atoms with Crippen molar-refractivity contribution in [1.82, 2.24) is 15.0 Å². The van der Waals surface area contributed by atoms with Crippen molar-refractivity contribution in [2.75, 3.05) is 7.11 Å². The van der Waals surface area contributed by atoms with E-state index in [9.17, 15) is 4.79 Å². The second-order valence-corrected chi connectivity index (χ2v) is 8.78. The molecular weight excluding hydrogens is 434 g/mol. The van der Waals surface area contributed by atoms with Crippen LogP contribution in [0.2, 0.25) is 0 Å². The molecule has 0 amide bonds. The SMILES string of the molecule is COCc1cnc2c(-c3nc4c(OCc5ccccc5)cc(C=O)cc4s3)cc(C)cc2n1. The van der Waals surface area contributed by atoms with Crippen molar-refractivity contribution in [3.05, 3.63) is 83.2 Å². The molecule has 0 spiro atoms. The van der Waals surface area contributed by atoms with Gasteiger partial charge in [0.15, 0.2) is 0 Å². The smallest absolute Gasteiger partial charge is 0.150 e. The van der Waals surface area contributed by atoms with Crippen LogP contribution >= 0.6 is 11.3 Å². The first kappa shape index (κ1) is 21.2. The van der Waals surface area contributed by atoms with E-state index in [1.807, 2.05) is 49.4 Å². The fraction of sp³-hybridized carbons (Fsp3) is 0.154. The molecule has 0 aliphatic heterocycles. The zero-order chi connectivity index (χ0) is 22.8. The number of methoxy groups -OCH3 is 1. The van der Waals surface area contributed by atoms with Gasteiger partial charge in [-0.15, -0.1) is 11.3 Å². The van der Waals surface area contributed by atoms with Crippen LogP contribution < -0.4 is 4.74 Å². The number of fused-ring (bicyclic) bond motifs is 2. The van der Waals surface area contributed by atoms with Crippen molar-refractivity contribution in [2.24, 2.45) is 0 Å². The van der Waals surface area contributed by atoms with Crippen LogP contribution in [0.3, 0.4) is 0 Å². The number of carbonyl (C=O) groups excluding carboxylic acids is 1. The highest BCUT2D eigenvalue weighted by Gasteiger charge is 2.16. The van der Waals surface area contributed by atoms with Gasteiger partial charge in [0.05, 0.1) is 34.2 Å². The highest BCUT2D eigenvalue weighted by molar-refractivity contribution is 7.21. The van der Waals surface area contributed by atoms with Gasteiger partial charge in [-0.3, -0.25) is 9.78 Å². The van der Waals surface area contributed by atoms with E-state index in [2.05, 4.69) is 11.1 Å². The third kappa shape index (κ3) is 4.33. The average Bonchev–Trinajstić information content (AvgIpc) is 3.27. The maximum atomic E-state index is 11.6. The van der Waals surface area contributed by atoms with Gasteiger partial charge in [0, 0.05) is 18.2 Å². The summed E-state index contributed by atoms with van der Waals surface area (Å²) in [5.74, 6) is 0.589. The molecule has 0 saturated heterocycles. The minimum absolute atomic E-state index is 0.395. The highest BCUT2D eigenvalue weighted by atomic mass is 32.1. The quantitative estimate of drug-likeness (QED) is 0.291. The summed E-state index contributed by atoms with van der Waals surface area (Å²) >= 11 is 1.51. The minimum Gasteiger partial charge on any atom is -0.487 e. The number of carbonyl (C=O) groups is 1. The molecule has 0 unspecified atom stereocenters. The monoisotopic (exact) mass is 455 g/mol. The minimum atomic E-state index is 0.395. The number of nitrogens with zero attached hydrogens (tertiary/aromatic N) is 3. The molecule has 7 heteroatoms. The first-order valence-corrected chi connectivity index (χ1v) is 11.3. The number of thiazole rings is 1. The van der Waals surface area contributed by atoms with E-state index in [1.54, 1.807) is 19.4 Å². The van der Waals surface area contributed by atoms with Crippen molar-refractivity contribution < 1.29 is 14.3 Å². The molecule has 0 bridgehead atoms. The molecule has 33 heavy (non-hydrogen) atoms. The molecule has 164 valence electrons. The van der Waals surface area contributed by atoms with Gasteiger partial charge in [0.1, 0.15) is 29.2 Å². The third-order valence-electron chi connectivity index (χ3n) is 5.22. The second kappa shape index (κ2) is 9.05. The Morgan fingerprint density at radius 1 is 1.00 bits per heavy atom. The number of aryl methyl sites for hydroxylation is 1. The number of rotatable bonds is 7. The van der Waals surface area contributed by atoms with Crippen LogP contribution in [-0.4, -0.2) is 28.3 Å². The molecular formula is C26H21N3O3S. The highest BCUT2D eigenvalue weighted by Crippen LogP contribution is 2.38. The van der Waals surface area contributed by atoms with Gasteiger partial charge >= 0.3 is 0 Å². The van der Waals surface area contributed by atoms with Gasteiger partial charge in [-0.1, -0.05) is 30.3 Å². The third-order valence-corrected chi connectivity index (χ3v) is 6.25. The second-order valence-electron chi connectivity index (χ2n) is 7.75. The van der Waals surface area contributed by atoms with E-state index in [1.165, 1.54) is 11.3 Å². The Bertz CT molecular complexity index is 1460. The Morgan fingerprint density at radius 2 is 1.85 bits per heavy atom. The van der Waals surface area contributed by atoms with Crippen LogP contribution in [0.25, 0.3) is 31.8 Å². The number of hydrogen-bond acceptors (Lipinski definition) is 7. The lowest BCUT2D eigenvalue weighted by Crippen LogP contribution is -1.97. The van der Waals surface area contributed by atoms with Crippen molar-refractivity contribution in [3.8, 4) is 16.3 Å². The van der Waals surface area contributed by atoms with Crippen LogP contribution in [0, 0.1) is 6.92 Å². The van der Waals surface area contributed by atoms with Crippen molar-refractivity contribution in [3.63, 3.8) is 0 Å². The molecule has 0 aliphatic rings. The van der Waals surface area contributed by atoms with E-state index < -0.39 is 0 Å². The summed E-state index contributed by atoms with van der Waals surface area (Å²) in [6, 6.07) is 17.6. The van der Waals surface area contributed by atoms with E-state index in [0.717, 1.165) is 54.9 Å². The maximum absolute atomic E-state index is 11.6. The summed E-state index contributed by atoms with van der Waals surface area (Å²) in [5.41, 5.74) is 6.66. The van der Waals surface area contributed by atoms with Gasteiger partial charge < -0.3 is 9.47 Å². The zero-order valence-electron chi connectivity index (χ0n) is 18.2.